The molecule has 0 aromatic heterocycles. The van der Waals surface area contributed by atoms with E-state index < -0.39 is 11.7 Å². The molecule has 0 atom stereocenters. The van der Waals surface area contributed by atoms with E-state index in [9.17, 15) is 18.4 Å². The van der Waals surface area contributed by atoms with Gasteiger partial charge in [-0.1, -0.05) is 18.9 Å². The normalized spacial score (nSPS) is 14.1. The van der Waals surface area contributed by atoms with Gasteiger partial charge < -0.3 is 16.0 Å². The Labute approximate surface area is 156 Å². The molecule has 142 valence electrons. The zero-order valence-electron chi connectivity index (χ0n) is 14.8. The molecule has 27 heavy (non-hydrogen) atoms. The standard InChI is InChI=1S/C20H21F2N3O2/c21-14-6-8-15(9-7-14)24-20(27)25(16-3-1-2-4-16)12-13-5-10-18(22)17(11-13)19(23)26/h5-11,16H,1-4,12H2,(H2,23,26)(H,24,27). The second-order valence-electron chi connectivity index (χ2n) is 6.68. The molecule has 1 saturated carbocycles. The van der Waals surface area contributed by atoms with Crippen LogP contribution in [0, 0.1) is 11.6 Å². The van der Waals surface area contributed by atoms with Gasteiger partial charge in [-0.05, 0) is 54.8 Å². The molecular formula is C20H21F2N3O2. The Balaban J connectivity index is 1.81. The van der Waals surface area contributed by atoms with Gasteiger partial charge in [-0.3, -0.25) is 4.79 Å². The van der Waals surface area contributed by atoms with Crippen LogP contribution in [0.5, 0.6) is 0 Å². The molecule has 7 heteroatoms. The Morgan fingerprint density at radius 2 is 1.74 bits per heavy atom. The molecule has 1 fully saturated rings. The van der Waals surface area contributed by atoms with E-state index >= 15 is 0 Å². The van der Waals surface area contributed by atoms with Crippen LogP contribution in [-0.2, 0) is 6.54 Å². The summed E-state index contributed by atoms with van der Waals surface area (Å²) in [5, 5.41) is 2.77. The Morgan fingerprint density at radius 3 is 2.37 bits per heavy atom. The minimum atomic E-state index is -0.850. The van der Waals surface area contributed by atoms with E-state index in [4.69, 9.17) is 5.73 Å². The molecule has 0 heterocycles. The van der Waals surface area contributed by atoms with E-state index in [-0.39, 0.29) is 30.0 Å². The Morgan fingerprint density at radius 1 is 1.07 bits per heavy atom. The van der Waals surface area contributed by atoms with Crippen molar-refractivity contribution in [3.63, 3.8) is 0 Å². The summed E-state index contributed by atoms with van der Waals surface area (Å²) in [7, 11) is 0. The van der Waals surface area contributed by atoms with Gasteiger partial charge in [0.15, 0.2) is 0 Å². The SMILES string of the molecule is NC(=O)c1cc(CN(C(=O)Nc2ccc(F)cc2)C2CCCC2)ccc1F. The first-order valence-corrected chi connectivity index (χ1v) is 8.85. The topological polar surface area (TPSA) is 75.4 Å². The van der Waals surface area contributed by atoms with Crippen molar-refractivity contribution in [2.45, 2.75) is 38.3 Å². The first-order valence-electron chi connectivity index (χ1n) is 8.85. The number of carbonyl (C=O) groups is 2. The van der Waals surface area contributed by atoms with Crippen LogP contribution in [0.2, 0.25) is 0 Å². The lowest BCUT2D eigenvalue weighted by Crippen LogP contribution is -2.41. The van der Waals surface area contributed by atoms with Crippen LogP contribution in [0.1, 0.15) is 41.6 Å². The van der Waals surface area contributed by atoms with Gasteiger partial charge in [0.05, 0.1) is 5.56 Å². The fraction of sp³-hybridized carbons (Fsp3) is 0.300. The molecule has 1 aliphatic carbocycles. The van der Waals surface area contributed by atoms with Crippen molar-refractivity contribution in [3.8, 4) is 0 Å². The quantitative estimate of drug-likeness (QED) is 0.830. The molecule has 0 spiro atoms. The van der Waals surface area contributed by atoms with E-state index in [1.165, 1.54) is 42.5 Å². The van der Waals surface area contributed by atoms with E-state index in [1.807, 2.05) is 0 Å². The Hall–Kier alpha value is -2.96. The molecule has 5 nitrogen and oxygen atoms in total. The molecule has 0 bridgehead atoms. The predicted octanol–water partition coefficient (Wildman–Crippen LogP) is 4.04. The molecule has 3 N–H and O–H groups in total. The molecule has 0 saturated heterocycles. The first kappa shape index (κ1) is 18.8. The number of hydrogen-bond acceptors (Lipinski definition) is 2. The van der Waals surface area contributed by atoms with Crippen molar-refractivity contribution in [2.75, 3.05) is 5.32 Å². The Bertz CT molecular complexity index is 834. The number of nitrogens with zero attached hydrogens (tertiary/aromatic N) is 1. The van der Waals surface area contributed by atoms with Crippen molar-refractivity contribution in [1.29, 1.82) is 0 Å². The maximum atomic E-state index is 13.7. The van der Waals surface area contributed by atoms with Crippen molar-refractivity contribution in [3.05, 3.63) is 65.2 Å². The number of primary amides is 1. The summed E-state index contributed by atoms with van der Waals surface area (Å²) in [6.07, 6.45) is 3.81. The van der Waals surface area contributed by atoms with Gasteiger partial charge in [-0.25, -0.2) is 13.6 Å². The van der Waals surface area contributed by atoms with E-state index in [1.54, 1.807) is 4.90 Å². The third-order valence-electron chi connectivity index (χ3n) is 4.77. The van der Waals surface area contributed by atoms with Crippen molar-refractivity contribution < 1.29 is 18.4 Å². The molecule has 0 aliphatic heterocycles. The van der Waals surface area contributed by atoms with Gasteiger partial charge >= 0.3 is 6.03 Å². The van der Waals surface area contributed by atoms with Gasteiger partial charge in [0.2, 0.25) is 0 Å². The zero-order chi connectivity index (χ0) is 19.4. The van der Waals surface area contributed by atoms with Crippen LogP contribution in [0.15, 0.2) is 42.5 Å². The third kappa shape index (κ3) is 4.61. The van der Waals surface area contributed by atoms with Crippen LogP contribution in [-0.4, -0.2) is 22.9 Å². The molecular weight excluding hydrogens is 352 g/mol. The van der Waals surface area contributed by atoms with Gasteiger partial charge in [-0.2, -0.15) is 0 Å². The highest BCUT2D eigenvalue weighted by Gasteiger charge is 2.27. The fourth-order valence-electron chi connectivity index (χ4n) is 3.37. The molecule has 2 aromatic carbocycles. The highest BCUT2D eigenvalue weighted by molar-refractivity contribution is 5.93. The van der Waals surface area contributed by atoms with Gasteiger partial charge in [0.1, 0.15) is 11.6 Å². The second-order valence-corrected chi connectivity index (χ2v) is 6.68. The lowest BCUT2D eigenvalue weighted by molar-refractivity contribution is 0.0996. The number of anilines is 1. The molecule has 2 aromatic rings. The minimum Gasteiger partial charge on any atom is -0.366 e. The number of nitrogens with one attached hydrogen (secondary N) is 1. The third-order valence-corrected chi connectivity index (χ3v) is 4.77. The van der Waals surface area contributed by atoms with Gasteiger partial charge in [0, 0.05) is 18.3 Å². The first-order chi connectivity index (χ1) is 12.9. The molecule has 0 unspecified atom stereocenters. The van der Waals surface area contributed by atoms with Crippen LogP contribution in [0.3, 0.4) is 0 Å². The number of hydrogen-bond donors (Lipinski definition) is 2. The summed E-state index contributed by atoms with van der Waals surface area (Å²) < 4.78 is 26.8. The largest absolute Gasteiger partial charge is 0.366 e. The average Bonchev–Trinajstić information content (AvgIpc) is 3.17. The molecule has 0 radical (unpaired) electrons. The monoisotopic (exact) mass is 373 g/mol. The number of rotatable bonds is 5. The number of amides is 3. The number of halogens is 2. The predicted molar refractivity (Wildman–Crippen MR) is 98.1 cm³/mol. The molecule has 3 amide bonds. The second kappa shape index (κ2) is 8.16. The summed E-state index contributed by atoms with van der Waals surface area (Å²) in [6.45, 7) is 0.220. The van der Waals surface area contributed by atoms with Gasteiger partial charge in [0.25, 0.3) is 5.91 Å². The number of benzene rings is 2. The van der Waals surface area contributed by atoms with Gasteiger partial charge in [-0.15, -0.1) is 0 Å². The van der Waals surface area contributed by atoms with Crippen molar-refractivity contribution in [2.24, 2.45) is 5.73 Å². The highest BCUT2D eigenvalue weighted by Crippen LogP contribution is 2.26. The highest BCUT2D eigenvalue weighted by atomic mass is 19.1. The Kier molecular flexibility index (Phi) is 5.69. The summed E-state index contributed by atoms with van der Waals surface area (Å²) in [5.74, 6) is -1.92. The van der Waals surface area contributed by atoms with Crippen LogP contribution < -0.4 is 11.1 Å². The van der Waals surface area contributed by atoms with Crippen LogP contribution in [0.4, 0.5) is 19.3 Å². The molecule has 3 rings (SSSR count). The fourth-order valence-corrected chi connectivity index (χ4v) is 3.37. The smallest absolute Gasteiger partial charge is 0.322 e. The average molecular weight is 373 g/mol. The number of carbonyl (C=O) groups excluding carboxylic acids is 2. The number of nitrogens with two attached hydrogens (primary N) is 1. The maximum absolute atomic E-state index is 13.7. The van der Waals surface area contributed by atoms with Crippen molar-refractivity contribution in [1.82, 2.24) is 4.90 Å². The molecule has 1 aliphatic rings. The number of urea groups is 1. The van der Waals surface area contributed by atoms with E-state index in [2.05, 4.69) is 5.32 Å². The summed E-state index contributed by atoms with van der Waals surface area (Å²) in [6, 6.07) is 9.35. The van der Waals surface area contributed by atoms with E-state index in [0.29, 0.717) is 11.3 Å². The van der Waals surface area contributed by atoms with Crippen LogP contribution in [0.25, 0.3) is 0 Å². The minimum absolute atomic E-state index is 0.0486. The summed E-state index contributed by atoms with van der Waals surface area (Å²) >= 11 is 0. The lowest BCUT2D eigenvalue weighted by atomic mass is 10.1. The zero-order valence-corrected chi connectivity index (χ0v) is 14.8. The lowest BCUT2D eigenvalue weighted by Gasteiger charge is -2.29. The summed E-state index contributed by atoms with van der Waals surface area (Å²) in [4.78, 5) is 25.9. The maximum Gasteiger partial charge on any atom is 0.322 e. The van der Waals surface area contributed by atoms with Crippen molar-refractivity contribution >= 4 is 17.6 Å². The van der Waals surface area contributed by atoms with E-state index in [0.717, 1.165) is 25.7 Å². The van der Waals surface area contributed by atoms with Crippen LogP contribution >= 0.6 is 0 Å². The summed E-state index contributed by atoms with van der Waals surface area (Å²) in [5.41, 5.74) is 6.12.